The lowest BCUT2D eigenvalue weighted by Gasteiger charge is -2.30. The minimum absolute atomic E-state index is 0.0515. The number of carbonyl (C=O) groups excluding carboxylic acids is 1. The van der Waals surface area contributed by atoms with Gasteiger partial charge in [0, 0.05) is 12.3 Å². The molecule has 0 saturated heterocycles. The highest BCUT2D eigenvalue weighted by Gasteiger charge is 2.32. The Morgan fingerprint density at radius 2 is 1.79 bits per heavy atom. The van der Waals surface area contributed by atoms with Gasteiger partial charge in [0.15, 0.2) is 11.6 Å². The summed E-state index contributed by atoms with van der Waals surface area (Å²) >= 11 is 0. The second-order valence-corrected chi connectivity index (χ2v) is 13.1. The van der Waals surface area contributed by atoms with Crippen LogP contribution in [0.2, 0.25) is 0 Å². The minimum Gasteiger partial charge on any atom is -0.493 e. The molecule has 1 saturated carbocycles. The molecule has 0 bridgehead atoms. The van der Waals surface area contributed by atoms with Crippen LogP contribution in [-0.2, 0) is 11.2 Å². The van der Waals surface area contributed by atoms with E-state index < -0.39 is 11.6 Å². The number of aryl methyl sites for hydroxylation is 1. The minimum atomic E-state index is -0.806. The zero-order valence-electron chi connectivity index (χ0n) is 25.5. The second-order valence-electron chi connectivity index (χ2n) is 13.1. The van der Waals surface area contributed by atoms with Crippen molar-refractivity contribution >= 4 is 16.8 Å². The van der Waals surface area contributed by atoms with E-state index in [1.165, 1.54) is 17.7 Å². The molecule has 6 rings (SSSR count). The number of nitrogens with zero attached hydrogens (tertiary/aromatic N) is 1. The van der Waals surface area contributed by atoms with Crippen molar-refractivity contribution in [1.82, 2.24) is 9.97 Å². The number of rotatable bonds is 6. The number of fused-ring (bicyclic) bond motifs is 2. The summed E-state index contributed by atoms with van der Waals surface area (Å²) < 4.78 is 33.8. The largest absolute Gasteiger partial charge is 0.493 e. The highest BCUT2D eigenvalue weighted by atomic mass is 19.2. The third-order valence-corrected chi connectivity index (χ3v) is 10.1. The first-order valence-electron chi connectivity index (χ1n) is 15.9. The smallest absolute Gasteiger partial charge is 0.159 e. The maximum Gasteiger partial charge on any atom is 0.159 e. The number of H-pyrrole nitrogens is 1. The number of imidazole rings is 1. The SMILES string of the molecule is Cc1nc2ccc(-c3ccc4c(c3)CC(C)C(CC(=O)C(C)C3CCCCC(c5ccc(F)c(F)c5)C3)CCO4)cc2[nH]1. The van der Waals surface area contributed by atoms with Crippen molar-refractivity contribution in [2.75, 3.05) is 6.61 Å². The molecule has 4 nitrogen and oxygen atoms in total. The van der Waals surface area contributed by atoms with Crippen LogP contribution in [0.25, 0.3) is 22.2 Å². The summed E-state index contributed by atoms with van der Waals surface area (Å²) in [5.41, 5.74) is 6.33. The molecular formula is C37H42F2N2O2. The monoisotopic (exact) mass is 584 g/mol. The van der Waals surface area contributed by atoms with E-state index >= 15 is 0 Å². The van der Waals surface area contributed by atoms with Gasteiger partial charge < -0.3 is 9.72 Å². The Morgan fingerprint density at radius 1 is 1.00 bits per heavy atom. The maximum atomic E-state index is 14.0. The van der Waals surface area contributed by atoms with Crippen LogP contribution in [0.15, 0.2) is 54.6 Å². The van der Waals surface area contributed by atoms with E-state index in [1.807, 2.05) is 6.92 Å². The average molecular weight is 585 g/mol. The van der Waals surface area contributed by atoms with Crippen LogP contribution in [0.4, 0.5) is 8.78 Å². The third kappa shape index (κ3) is 6.53. The summed E-state index contributed by atoms with van der Waals surface area (Å²) in [4.78, 5) is 21.6. The van der Waals surface area contributed by atoms with Gasteiger partial charge in [-0.2, -0.15) is 0 Å². The number of hydrogen-bond donors (Lipinski definition) is 1. The molecule has 5 atom stereocenters. The molecule has 1 N–H and O–H groups in total. The van der Waals surface area contributed by atoms with Crippen LogP contribution in [0.5, 0.6) is 5.75 Å². The number of Topliss-reactive ketones (excluding diaryl/α,β-unsaturated/α-hetero) is 1. The predicted molar refractivity (Wildman–Crippen MR) is 167 cm³/mol. The number of carbonyl (C=O) groups is 1. The van der Waals surface area contributed by atoms with Gasteiger partial charge >= 0.3 is 0 Å². The van der Waals surface area contributed by atoms with Gasteiger partial charge in [-0.15, -0.1) is 0 Å². The summed E-state index contributed by atoms with van der Waals surface area (Å²) in [6.45, 7) is 6.93. The van der Waals surface area contributed by atoms with Crippen LogP contribution in [0, 0.1) is 42.2 Å². The highest BCUT2D eigenvalue weighted by Crippen LogP contribution is 2.40. The van der Waals surface area contributed by atoms with Crippen molar-refractivity contribution in [3.63, 3.8) is 0 Å². The van der Waals surface area contributed by atoms with E-state index in [4.69, 9.17) is 4.74 Å². The molecule has 2 heterocycles. The van der Waals surface area contributed by atoms with E-state index in [0.717, 1.165) is 84.2 Å². The molecule has 226 valence electrons. The standard InChI is InChI=1S/C37H42F2N2O2/c1-22-16-31-18-28(30-9-12-34-35(20-30)41-24(3)40-34)10-13-37(31)43-15-14-25(22)21-36(42)23(2)26-6-4-5-7-27(17-26)29-8-11-32(38)33(39)19-29/h8-13,18-20,22-23,25-27H,4-7,14-17,21H2,1-3H3,(H,40,41). The highest BCUT2D eigenvalue weighted by molar-refractivity contribution is 5.82. The molecule has 1 aromatic heterocycles. The lowest BCUT2D eigenvalue weighted by atomic mass is 9.75. The molecule has 2 aliphatic rings. The Balaban J connectivity index is 1.13. The Kier molecular flexibility index (Phi) is 8.65. The van der Waals surface area contributed by atoms with Gasteiger partial charge in [-0.05, 0) is 121 Å². The van der Waals surface area contributed by atoms with Crippen LogP contribution < -0.4 is 4.74 Å². The molecule has 0 radical (unpaired) electrons. The first kappa shape index (κ1) is 29.5. The summed E-state index contributed by atoms with van der Waals surface area (Å²) in [6.07, 6.45) is 7.22. The Morgan fingerprint density at radius 3 is 2.63 bits per heavy atom. The maximum absolute atomic E-state index is 14.0. The van der Waals surface area contributed by atoms with Gasteiger partial charge in [0.2, 0.25) is 0 Å². The van der Waals surface area contributed by atoms with Crippen molar-refractivity contribution in [2.24, 2.45) is 23.7 Å². The molecule has 6 heteroatoms. The number of benzene rings is 3. The lowest BCUT2D eigenvalue weighted by Crippen LogP contribution is -2.28. The summed E-state index contributed by atoms with van der Waals surface area (Å²) in [7, 11) is 0. The summed E-state index contributed by atoms with van der Waals surface area (Å²) in [5, 5.41) is 0. The van der Waals surface area contributed by atoms with Gasteiger partial charge in [0.25, 0.3) is 0 Å². The van der Waals surface area contributed by atoms with E-state index in [9.17, 15) is 13.6 Å². The molecule has 0 spiro atoms. The van der Waals surface area contributed by atoms with Gasteiger partial charge in [-0.25, -0.2) is 13.8 Å². The number of ketones is 1. The van der Waals surface area contributed by atoms with Crippen molar-refractivity contribution in [3.8, 4) is 16.9 Å². The number of ether oxygens (including phenoxy) is 1. The fourth-order valence-electron chi connectivity index (χ4n) is 7.43. The lowest BCUT2D eigenvalue weighted by molar-refractivity contribution is -0.125. The second kappa shape index (κ2) is 12.6. The Labute approximate surface area is 253 Å². The molecular weight excluding hydrogens is 542 g/mol. The fraction of sp³-hybridized carbons (Fsp3) is 0.459. The molecule has 43 heavy (non-hydrogen) atoms. The molecule has 5 unspecified atom stereocenters. The fourth-order valence-corrected chi connectivity index (χ4v) is 7.43. The first-order valence-corrected chi connectivity index (χ1v) is 15.9. The normalized spacial score (nSPS) is 23.5. The number of aromatic amines is 1. The van der Waals surface area contributed by atoms with E-state index in [1.54, 1.807) is 6.07 Å². The molecule has 1 aliphatic heterocycles. The number of halogens is 2. The van der Waals surface area contributed by atoms with E-state index in [2.05, 4.69) is 60.2 Å². The molecule has 0 amide bonds. The topological polar surface area (TPSA) is 55.0 Å². The van der Waals surface area contributed by atoms with Crippen LogP contribution in [0.3, 0.4) is 0 Å². The zero-order valence-corrected chi connectivity index (χ0v) is 25.5. The molecule has 1 fully saturated rings. The van der Waals surface area contributed by atoms with Crippen molar-refractivity contribution in [2.45, 2.75) is 78.1 Å². The third-order valence-electron chi connectivity index (χ3n) is 10.1. The summed E-state index contributed by atoms with van der Waals surface area (Å²) in [5.74, 6) is 1.54. The average Bonchev–Trinajstić information content (AvgIpc) is 3.19. The first-order chi connectivity index (χ1) is 20.7. The number of hydrogen-bond acceptors (Lipinski definition) is 3. The Hall–Kier alpha value is -3.54. The van der Waals surface area contributed by atoms with Crippen LogP contribution in [0.1, 0.15) is 81.7 Å². The van der Waals surface area contributed by atoms with Crippen LogP contribution >= 0.6 is 0 Å². The zero-order chi connectivity index (χ0) is 30.1. The Bertz CT molecular complexity index is 1610. The van der Waals surface area contributed by atoms with E-state index in [0.29, 0.717) is 24.7 Å². The molecule has 1 aliphatic carbocycles. The number of aromatic nitrogens is 2. The molecule has 3 aromatic carbocycles. The van der Waals surface area contributed by atoms with Gasteiger partial charge in [-0.3, -0.25) is 4.79 Å². The predicted octanol–water partition coefficient (Wildman–Crippen LogP) is 9.35. The van der Waals surface area contributed by atoms with E-state index in [-0.39, 0.29) is 23.7 Å². The van der Waals surface area contributed by atoms with Gasteiger partial charge in [0.05, 0.1) is 17.6 Å². The summed E-state index contributed by atoms with van der Waals surface area (Å²) in [6, 6.07) is 17.1. The van der Waals surface area contributed by atoms with Crippen LogP contribution in [-0.4, -0.2) is 22.4 Å². The molecule has 4 aromatic rings. The van der Waals surface area contributed by atoms with Crippen molar-refractivity contribution in [3.05, 3.63) is 83.2 Å². The quantitative estimate of drug-likeness (QED) is 0.230. The number of nitrogens with one attached hydrogen (secondary N) is 1. The van der Waals surface area contributed by atoms with Crippen molar-refractivity contribution < 1.29 is 18.3 Å². The van der Waals surface area contributed by atoms with Gasteiger partial charge in [0.1, 0.15) is 17.4 Å². The van der Waals surface area contributed by atoms with Crippen molar-refractivity contribution in [1.29, 1.82) is 0 Å². The van der Waals surface area contributed by atoms with Gasteiger partial charge in [-0.1, -0.05) is 44.9 Å².